The summed E-state index contributed by atoms with van der Waals surface area (Å²) in [5.74, 6) is 0.307. The number of hydrogen-bond acceptors (Lipinski definition) is 6. The van der Waals surface area contributed by atoms with Crippen molar-refractivity contribution >= 4 is 21.7 Å². The summed E-state index contributed by atoms with van der Waals surface area (Å²) in [6.07, 6.45) is 3.75. The van der Waals surface area contributed by atoms with Crippen LogP contribution >= 0.6 is 0 Å². The van der Waals surface area contributed by atoms with Gasteiger partial charge in [-0.3, -0.25) is 4.79 Å². The summed E-state index contributed by atoms with van der Waals surface area (Å²) in [4.78, 5) is 19.5. The molecule has 0 N–H and O–H groups in total. The number of amides is 1. The normalized spacial score (nSPS) is 12.6. The Hall–Kier alpha value is -1.80. The van der Waals surface area contributed by atoms with Crippen molar-refractivity contribution in [3.8, 4) is 5.75 Å². The van der Waals surface area contributed by atoms with Gasteiger partial charge in [0.2, 0.25) is 5.91 Å². The molecule has 7 nitrogen and oxygen atoms in total. The molecule has 1 aromatic rings. The van der Waals surface area contributed by atoms with Crippen molar-refractivity contribution in [3.05, 3.63) is 23.8 Å². The summed E-state index contributed by atoms with van der Waals surface area (Å²) in [5.41, 5.74) is 1.62. The number of carbonyl (C=O) groups excluding carboxylic acids is 1. The third-order valence-corrected chi connectivity index (χ3v) is 7.13. The van der Waals surface area contributed by atoms with Crippen LogP contribution in [0.25, 0.3) is 0 Å². The Morgan fingerprint density at radius 1 is 1.03 bits per heavy atom. The minimum absolute atomic E-state index is 0.0224. The second-order valence-corrected chi connectivity index (χ2v) is 10.6. The number of hydrogen-bond donors (Lipinski definition) is 0. The Bertz CT molecular complexity index is 823. The highest BCUT2D eigenvalue weighted by atomic mass is 32.2. The number of anilines is 1. The molecule has 0 bridgehead atoms. The number of nitrogens with zero attached hydrogens (tertiary/aromatic N) is 3. The van der Waals surface area contributed by atoms with E-state index in [-0.39, 0.29) is 17.6 Å². The van der Waals surface area contributed by atoms with E-state index in [1.807, 2.05) is 31.1 Å². The highest BCUT2D eigenvalue weighted by Crippen LogP contribution is 2.29. The summed E-state index contributed by atoms with van der Waals surface area (Å²) in [7, 11) is 0.273. The maximum Gasteiger partial charge on any atom is 0.308 e. The quantitative estimate of drug-likeness (QED) is 0.325. The lowest BCUT2D eigenvalue weighted by molar-refractivity contribution is -0.136. The fourth-order valence-corrected chi connectivity index (χ4v) is 4.28. The molecule has 1 rings (SSSR count). The van der Waals surface area contributed by atoms with Crippen LogP contribution in [0.15, 0.2) is 18.2 Å². The molecule has 1 unspecified atom stereocenters. The van der Waals surface area contributed by atoms with E-state index in [2.05, 4.69) is 37.5 Å². The van der Waals surface area contributed by atoms with Gasteiger partial charge in [-0.25, -0.2) is 0 Å². The molecule has 0 aliphatic rings. The zero-order valence-corrected chi connectivity index (χ0v) is 22.6. The standard InChI is InChI=1S/C25H45N3O4S/c1-8-13-14-21(9-2)25(29)28(18-17-26(6)7)20-22-15-16-23(27(10-3)11-4)19-24(22)32-33(30,31)12-5/h15-16,19,21H,8-14,17-18,20H2,1-7H3. The minimum Gasteiger partial charge on any atom is -0.382 e. The predicted octanol–water partition coefficient (Wildman–Crippen LogP) is 4.37. The molecule has 0 heterocycles. The first-order valence-electron chi connectivity index (χ1n) is 12.4. The zero-order valence-electron chi connectivity index (χ0n) is 21.8. The molecular formula is C25H45N3O4S. The molecule has 0 aliphatic carbocycles. The van der Waals surface area contributed by atoms with E-state index in [9.17, 15) is 13.2 Å². The van der Waals surface area contributed by atoms with Crippen molar-refractivity contribution in [1.29, 1.82) is 0 Å². The molecular weight excluding hydrogens is 438 g/mol. The molecule has 8 heteroatoms. The second kappa shape index (κ2) is 14.5. The highest BCUT2D eigenvalue weighted by Gasteiger charge is 2.25. The number of unbranched alkanes of at least 4 members (excludes halogenated alkanes) is 1. The van der Waals surface area contributed by atoms with Gasteiger partial charge in [-0.15, -0.1) is 0 Å². The van der Waals surface area contributed by atoms with Crippen LogP contribution in [0.1, 0.15) is 65.9 Å². The summed E-state index contributed by atoms with van der Waals surface area (Å²) in [6, 6.07) is 5.67. The lowest BCUT2D eigenvalue weighted by Gasteiger charge is -2.29. The minimum atomic E-state index is -3.70. The van der Waals surface area contributed by atoms with Crippen LogP contribution in [0.4, 0.5) is 5.69 Å². The fourth-order valence-electron chi connectivity index (χ4n) is 3.74. The van der Waals surface area contributed by atoms with Gasteiger partial charge in [0.05, 0.1) is 5.75 Å². The predicted molar refractivity (Wildman–Crippen MR) is 137 cm³/mol. The van der Waals surface area contributed by atoms with Crippen molar-refractivity contribution in [2.24, 2.45) is 5.92 Å². The van der Waals surface area contributed by atoms with E-state index in [0.29, 0.717) is 24.4 Å². The van der Waals surface area contributed by atoms with Crippen LogP contribution < -0.4 is 9.08 Å². The van der Waals surface area contributed by atoms with Gasteiger partial charge in [-0.05, 0) is 53.8 Å². The summed E-state index contributed by atoms with van der Waals surface area (Å²) in [6.45, 7) is 13.1. The monoisotopic (exact) mass is 483 g/mol. The Morgan fingerprint density at radius 2 is 1.70 bits per heavy atom. The third kappa shape index (κ3) is 9.53. The van der Waals surface area contributed by atoms with E-state index in [4.69, 9.17) is 4.18 Å². The molecule has 1 amide bonds. The topological polar surface area (TPSA) is 70.2 Å². The molecule has 0 saturated carbocycles. The van der Waals surface area contributed by atoms with Crippen LogP contribution in [0.2, 0.25) is 0 Å². The smallest absolute Gasteiger partial charge is 0.308 e. The molecule has 33 heavy (non-hydrogen) atoms. The van der Waals surface area contributed by atoms with Crippen molar-refractivity contribution < 1.29 is 17.4 Å². The van der Waals surface area contributed by atoms with E-state index in [0.717, 1.165) is 51.0 Å². The summed E-state index contributed by atoms with van der Waals surface area (Å²) in [5, 5.41) is 0. The van der Waals surface area contributed by atoms with Crippen LogP contribution in [0, 0.1) is 5.92 Å². The van der Waals surface area contributed by atoms with Crippen molar-refractivity contribution in [3.63, 3.8) is 0 Å². The van der Waals surface area contributed by atoms with Gasteiger partial charge >= 0.3 is 10.1 Å². The van der Waals surface area contributed by atoms with Gasteiger partial charge < -0.3 is 18.9 Å². The van der Waals surface area contributed by atoms with Crippen LogP contribution in [0.5, 0.6) is 5.75 Å². The molecule has 1 aromatic carbocycles. The number of rotatable bonds is 16. The van der Waals surface area contributed by atoms with Gasteiger partial charge in [-0.1, -0.05) is 32.8 Å². The van der Waals surface area contributed by atoms with E-state index in [1.165, 1.54) is 0 Å². The first-order valence-corrected chi connectivity index (χ1v) is 13.9. The average molecular weight is 484 g/mol. The third-order valence-electron chi connectivity index (χ3n) is 5.99. The fraction of sp³-hybridized carbons (Fsp3) is 0.720. The zero-order chi connectivity index (χ0) is 25.0. The molecule has 0 saturated heterocycles. The lowest BCUT2D eigenvalue weighted by atomic mass is 9.97. The Morgan fingerprint density at radius 3 is 2.21 bits per heavy atom. The van der Waals surface area contributed by atoms with Gasteiger partial charge in [0.25, 0.3) is 0 Å². The molecule has 190 valence electrons. The molecule has 0 aliphatic heterocycles. The molecule has 0 spiro atoms. The largest absolute Gasteiger partial charge is 0.382 e. The molecule has 0 aromatic heterocycles. The van der Waals surface area contributed by atoms with Crippen LogP contribution in [0.3, 0.4) is 0 Å². The second-order valence-electron chi connectivity index (χ2n) is 8.70. The van der Waals surface area contributed by atoms with Crippen molar-refractivity contribution in [2.75, 3.05) is 50.9 Å². The average Bonchev–Trinajstić information content (AvgIpc) is 2.78. The van der Waals surface area contributed by atoms with Crippen LogP contribution in [-0.4, -0.2) is 70.2 Å². The van der Waals surface area contributed by atoms with E-state index in [1.54, 1.807) is 13.0 Å². The molecule has 0 fully saturated rings. The summed E-state index contributed by atoms with van der Waals surface area (Å²) < 4.78 is 30.2. The highest BCUT2D eigenvalue weighted by molar-refractivity contribution is 7.87. The lowest BCUT2D eigenvalue weighted by Crippen LogP contribution is -2.40. The number of benzene rings is 1. The first-order chi connectivity index (χ1) is 15.6. The Kier molecular flexibility index (Phi) is 12.8. The Labute approximate surface area is 202 Å². The van der Waals surface area contributed by atoms with Crippen molar-refractivity contribution in [1.82, 2.24) is 9.80 Å². The van der Waals surface area contributed by atoms with Gasteiger partial charge in [0.1, 0.15) is 5.75 Å². The van der Waals surface area contributed by atoms with Gasteiger partial charge in [0.15, 0.2) is 0 Å². The Balaban J connectivity index is 3.35. The number of likely N-dealkylation sites (N-methyl/N-ethyl adjacent to an activating group) is 1. The van der Waals surface area contributed by atoms with Gasteiger partial charge in [0, 0.05) is 56.0 Å². The van der Waals surface area contributed by atoms with Gasteiger partial charge in [-0.2, -0.15) is 8.42 Å². The molecule has 1 atom stereocenters. The number of carbonyl (C=O) groups is 1. The molecule has 0 radical (unpaired) electrons. The maximum atomic E-state index is 13.5. The van der Waals surface area contributed by atoms with Crippen LogP contribution in [-0.2, 0) is 21.5 Å². The SMILES string of the molecule is CCCCC(CC)C(=O)N(CCN(C)C)Cc1ccc(N(CC)CC)cc1OS(=O)(=O)CC. The maximum absolute atomic E-state index is 13.5. The van der Waals surface area contributed by atoms with E-state index < -0.39 is 10.1 Å². The summed E-state index contributed by atoms with van der Waals surface area (Å²) >= 11 is 0. The first kappa shape index (κ1) is 29.2. The van der Waals surface area contributed by atoms with E-state index >= 15 is 0 Å². The van der Waals surface area contributed by atoms with Crippen molar-refractivity contribution in [2.45, 2.75) is 66.8 Å².